The summed E-state index contributed by atoms with van der Waals surface area (Å²) in [6.45, 7) is 2.93. The first-order valence-electron chi connectivity index (χ1n) is 9.53. The van der Waals surface area contributed by atoms with Crippen molar-refractivity contribution in [1.29, 1.82) is 0 Å². The number of aromatic nitrogens is 4. The second-order valence-electron chi connectivity index (χ2n) is 7.00. The third-order valence-corrected chi connectivity index (χ3v) is 6.24. The Morgan fingerprint density at radius 1 is 1.28 bits per heavy atom. The number of aryl methyl sites for hydroxylation is 1. The first-order valence-corrected chi connectivity index (χ1v) is 10.3. The Kier molecular flexibility index (Phi) is 4.61. The van der Waals surface area contributed by atoms with E-state index in [-0.39, 0.29) is 5.91 Å². The summed E-state index contributed by atoms with van der Waals surface area (Å²) in [4.78, 5) is 24.4. The number of morpholine rings is 1. The molecular formula is C20H20N6O2S. The van der Waals surface area contributed by atoms with Crippen LogP contribution in [-0.2, 0) is 16.0 Å². The Balaban J connectivity index is 1.66. The molecule has 148 valence electrons. The van der Waals surface area contributed by atoms with Gasteiger partial charge < -0.3 is 15.4 Å². The van der Waals surface area contributed by atoms with Crippen LogP contribution in [0.3, 0.4) is 0 Å². The number of primary amides is 1. The minimum Gasteiger partial charge on any atom is -0.378 e. The number of anilines is 1. The van der Waals surface area contributed by atoms with Crippen molar-refractivity contribution >= 4 is 44.2 Å². The third kappa shape index (κ3) is 3.43. The predicted molar refractivity (Wildman–Crippen MR) is 113 cm³/mol. The van der Waals surface area contributed by atoms with Crippen molar-refractivity contribution in [3.8, 4) is 11.4 Å². The van der Waals surface area contributed by atoms with E-state index in [2.05, 4.69) is 15.1 Å². The summed E-state index contributed by atoms with van der Waals surface area (Å²) in [6, 6.07) is 8.03. The highest BCUT2D eigenvalue weighted by Gasteiger charge is 2.21. The quantitative estimate of drug-likeness (QED) is 0.525. The monoisotopic (exact) mass is 408 g/mol. The average molecular weight is 408 g/mol. The van der Waals surface area contributed by atoms with E-state index in [1.165, 1.54) is 0 Å². The van der Waals surface area contributed by atoms with E-state index in [4.69, 9.17) is 20.4 Å². The number of nitrogens with two attached hydrogens (primary N) is 1. The number of carbonyl (C=O) groups excluding carboxylic acids is 1. The number of amides is 1. The van der Waals surface area contributed by atoms with Gasteiger partial charge in [-0.1, -0.05) is 12.1 Å². The second kappa shape index (κ2) is 7.41. The molecule has 9 heteroatoms. The van der Waals surface area contributed by atoms with Crippen LogP contribution in [0, 0.1) is 0 Å². The molecule has 1 saturated heterocycles. The number of hydrogen-bond acceptors (Lipinski definition) is 7. The van der Waals surface area contributed by atoms with Gasteiger partial charge in [0.1, 0.15) is 0 Å². The maximum Gasteiger partial charge on any atom is 0.217 e. The van der Waals surface area contributed by atoms with Crippen molar-refractivity contribution < 1.29 is 9.53 Å². The molecule has 3 N–H and O–H groups in total. The summed E-state index contributed by atoms with van der Waals surface area (Å²) < 4.78 is 6.56. The van der Waals surface area contributed by atoms with Gasteiger partial charge in [0.2, 0.25) is 5.91 Å². The molecule has 4 heterocycles. The molecule has 0 bridgehead atoms. The zero-order chi connectivity index (χ0) is 19.8. The predicted octanol–water partition coefficient (Wildman–Crippen LogP) is 2.49. The van der Waals surface area contributed by atoms with Crippen LogP contribution in [0.2, 0.25) is 0 Å². The Bertz CT molecular complexity index is 1190. The van der Waals surface area contributed by atoms with Gasteiger partial charge in [-0.25, -0.2) is 9.97 Å². The Morgan fingerprint density at radius 2 is 2.14 bits per heavy atom. The molecule has 1 fully saturated rings. The SMILES string of the molecule is NC(=O)CCc1cc2nc(-c3cccc4[nH]ncc34)nc(N3CCOCC3)c2s1. The van der Waals surface area contributed by atoms with E-state index < -0.39 is 0 Å². The zero-order valence-electron chi connectivity index (χ0n) is 15.7. The fraction of sp³-hybridized carbons (Fsp3) is 0.300. The number of aromatic amines is 1. The van der Waals surface area contributed by atoms with Crippen molar-refractivity contribution in [3.63, 3.8) is 0 Å². The zero-order valence-corrected chi connectivity index (χ0v) is 16.5. The van der Waals surface area contributed by atoms with Gasteiger partial charge in [0, 0.05) is 35.3 Å². The summed E-state index contributed by atoms with van der Waals surface area (Å²) in [6.07, 6.45) is 2.75. The normalized spacial score (nSPS) is 14.7. The molecule has 1 aliphatic heterocycles. The van der Waals surface area contributed by atoms with Crippen LogP contribution in [0.25, 0.3) is 32.5 Å². The minimum absolute atomic E-state index is 0.297. The van der Waals surface area contributed by atoms with Crippen LogP contribution < -0.4 is 10.6 Å². The van der Waals surface area contributed by atoms with Crippen molar-refractivity contribution in [1.82, 2.24) is 20.2 Å². The molecule has 8 nitrogen and oxygen atoms in total. The molecule has 1 aliphatic rings. The van der Waals surface area contributed by atoms with Crippen molar-refractivity contribution in [2.24, 2.45) is 5.73 Å². The number of H-pyrrole nitrogens is 1. The summed E-state index contributed by atoms with van der Waals surface area (Å²) in [7, 11) is 0. The standard InChI is InChI=1S/C20H20N6O2S/c21-17(27)5-4-12-10-16-18(29-12)20(26-6-8-28-9-7-26)24-19(23-16)13-2-1-3-15-14(13)11-22-25-15/h1-3,10-11H,4-9H2,(H2,21,27)(H,22,25). The molecule has 0 spiro atoms. The highest BCUT2D eigenvalue weighted by molar-refractivity contribution is 7.19. The van der Waals surface area contributed by atoms with Crippen LogP contribution in [0.15, 0.2) is 30.5 Å². The molecule has 0 atom stereocenters. The van der Waals surface area contributed by atoms with Gasteiger partial charge in [0.05, 0.1) is 35.1 Å². The second-order valence-corrected chi connectivity index (χ2v) is 8.14. The van der Waals surface area contributed by atoms with Gasteiger partial charge in [-0.2, -0.15) is 5.10 Å². The molecule has 4 aromatic rings. The number of ether oxygens (including phenoxy) is 1. The van der Waals surface area contributed by atoms with Crippen LogP contribution >= 0.6 is 11.3 Å². The molecule has 29 heavy (non-hydrogen) atoms. The smallest absolute Gasteiger partial charge is 0.217 e. The summed E-state index contributed by atoms with van der Waals surface area (Å²) >= 11 is 1.63. The summed E-state index contributed by atoms with van der Waals surface area (Å²) in [5, 5.41) is 8.15. The number of benzene rings is 1. The van der Waals surface area contributed by atoms with Crippen molar-refractivity contribution in [2.45, 2.75) is 12.8 Å². The lowest BCUT2D eigenvalue weighted by Gasteiger charge is -2.28. The van der Waals surface area contributed by atoms with E-state index in [1.54, 1.807) is 17.5 Å². The van der Waals surface area contributed by atoms with Gasteiger partial charge in [-0.05, 0) is 18.6 Å². The largest absolute Gasteiger partial charge is 0.378 e. The summed E-state index contributed by atoms with van der Waals surface area (Å²) in [5.41, 5.74) is 8.11. The fourth-order valence-electron chi connectivity index (χ4n) is 3.61. The molecule has 1 aromatic carbocycles. The topological polar surface area (TPSA) is 110 Å². The molecule has 0 unspecified atom stereocenters. The minimum atomic E-state index is -0.297. The molecule has 3 aromatic heterocycles. The first-order chi connectivity index (χ1) is 14.2. The Labute approximate surface area is 170 Å². The maximum absolute atomic E-state index is 11.2. The van der Waals surface area contributed by atoms with E-state index in [0.717, 1.165) is 50.5 Å². The number of nitrogens with one attached hydrogen (secondary N) is 1. The summed E-state index contributed by atoms with van der Waals surface area (Å²) in [5.74, 6) is 1.30. The van der Waals surface area contributed by atoms with E-state index >= 15 is 0 Å². The van der Waals surface area contributed by atoms with E-state index in [9.17, 15) is 4.79 Å². The van der Waals surface area contributed by atoms with Crippen molar-refractivity contribution in [3.05, 3.63) is 35.3 Å². The van der Waals surface area contributed by atoms with E-state index in [0.29, 0.717) is 31.9 Å². The number of carbonyl (C=O) groups is 1. The lowest BCUT2D eigenvalue weighted by Crippen LogP contribution is -2.36. The van der Waals surface area contributed by atoms with Gasteiger partial charge in [0.15, 0.2) is 11.6 Å². The lowest BCUT2D eigenvalue weighted by molar-refractivity contribution is -0.117. The third-order valence-electron chi connectivity index (χ3n) is 5.06. The van der Waals surface area contributed by atoms with Gasteiger partial charge >= 0.3 is 0 Å². The fourth-order valence-corrected chi connectivity index (χ4v) is 4.72. The van der Waals surface area contributed by atoms with E-state index in [1.807, 2.05) is 24.3 Å². The van der Waals surface area contributed by atoms with Crippen LogP contribution in [0.1, 0.15) is 11.3 Å². The van der Waals surface area contributed by atoms with Crippen LogP contribution in [-0.4, -0.2) is 52.4 Å². The molecule has 5 rings (SSSR count). The number of rotatable bonds is 5. The first kappa shape index (κ1) is 18.0. The maximum atomic E-state index is 11.2. The van der Waals surface area contributed by atoms with Crippen LogP contribution in [0.4, 0.5) is 5.82 Å². The number of nitrogens with zero attached hydrogens (tertiary/aromatic N) is 4. The molecule has 0 saturated carbocycles. The number of hydrogen-bond donors (Lipinski definition) is 2. The molecule has 1 amide bonds. The highest BCUT2D eigenvalue weighted by Crippen LogP contribution is 2.36. The number of thiophene rings is 1. The molecular weight excluding hydrogens is 388 g/mol. The lowest BCUT2D eigenvalue weighted by atomic mass is 10.1. The molecule has 0 radical (unpaired) electrons. The number of fused-ring (bicyclic) bond motifs is 2. The van der Waals surface area contributed by atoms with Gasteiger partial charge in [-0.3, -0.25) is 9.89 Å². The Hall–Kier alpha value is -3.04. The Morgan fingerprint density at radius 3 is 2.97 bits per heavy atom. The van der Waals surface area contributed by atoms with Crippen LogP contribution in [0.5, 0.6) is 0 Å². The van der Waals surface area contributed by atoms with Crippen molar-refractivity contribution in [2.75, 3.05) is 31.2 Å². The van der Waals surface area contributed by atoms with Gasteiger partial charge in [0.25, 0.3) is 0 Å². The highest BCUT2D eigenvalue weighted by atomic mass is 32.1. The average Bonchev–Trinajstić information content (AvgIpc) is 3.38. The molecule has 0 aliphatic carbocycles. The van der Waals surface area contributed by atoms with Gasteiger partial charge in [-0.15, -0.1) is 11.3 Å².